The van der Waals surface area contributed by atoms with Crippen LogP contribution in [-0.4, -0.2) is 28.4 Å². The van der Waals surface area contributed by atoms with E-state index in [0.29, 0.717) is 24.5 Å². The Kier molecular flexibility index (Phi) is 5.80. The number of hydrogen-bond donors (Lipinski definition) is 2. The third kappa shape index (κ3) is 4.48. The molecule has 0 spiro atoms. The average molecular weight is 358 g/mol. The molecule has 0 fully saturated rings. The maximum atomic E-state index is 11.1. The Labute approximate surface area is 154 Å². The SMILES string of the molecule is Cc1cc(OCCc2ccc(OC(C)(C)C(=O)O)cc2)c(C)c(C)c1O. The molecule has 5 nitrogen and oxygen atoms in total. The Bertz CT molecular complexity index is 791. The topological polar surface area (TPSA) is 76.0 Å². The number of aromatic hydroxyl groups is 1. The normalized spacial score (nSPS) is 11.3. The lowest BCUT2D eigenvalue weighted by atomic mass is 10.0. The van der Waals surface area contributed by atoms with Crippen LogP contribution >= 0.6 is 0 Å². The molecule has 0 aliphatic carbocycles. The number of ether oxygens (including phenoxy) is 2. The molecule has 0 amide bonds. The summed E-state index contributed by atoms with van der Waals surface area (Å²) in [4.78, 5) is 11.1. The van der Waals surface area contributed by atoms with Crippen molar-refractivity contribution in [3.8, 4) is 17.2 Å². The molecule has 0 heterocycles. The Morgan fingerprint density at radius 2 is 1.69 bits per heavy atom. The Balaban J connectivity index is 1.96. The lowest BCUT2D eigenvalue weighted by Crippen LogP contribution is -2.37. The molecule has 5 heteroatoms. The first kappa shape index (κ1) is 19.6. The van der Waals surface area contributed by atoms with Crippen LogP contribution in [0.25, 0.3) is 0 Å². The number of carbonyl (C=O) groups is 1. The van der Waals surface area contributed by atoms with E-state index in [4.69, 9.17) is 14.6 Å². The molecule has 2 aromatic rings. The highest BCUT2D eigenvalue weighted by molar-refractivity contribution is 5.76. The number of benzene rings is 2. The molecule has 140 valence electrons. The van der Waals surface area contributed by atoms with Crippen molar-refractivity contribution in [2.45, 2.75) is 46.6 Å². The van der Waals surface area contributed by atoms with E-state index in [1.165, 1.54) is 13.8 Å². The Morgan fingerprint density at radius 1 is 1.08 bits per heavy atom. The zero-order valence-corrected chi connectivity index (χ0v) is 15.9. The van der Waals surface area contributed by atoms with E-state index >= 15 is 0 Å². The second kappa shape index (κ2) is 7.68. The second-order valence-electron chi connectivity index (χ2n) is 6.95. The first-order chi connectivity index (χ1) is 12.1. The summed E-state index contributed by atoms with van der Waals surface area (Å²) >= 11 is 0. The van der Waals surface area contributed by atoms with E-state index in [-0.39, 0.29) is 0 Å². The van der Waals surface area contributed by atoms with Gasteiger partial charge >= 0.3 is 5.97 Å². The summed E-state index contributed by atoms with van der Waals surface area (Å²) < 4.78 is 11.4. The molecule has 2 N–H and O–H groups in total. The van der Waals surface area contributed by atoms with E-state index in [1.807, 2.05) is 39.0 Å². The molecule has 26 heavy (non-hydrogen) atoms. The van der Waals surface area contributed by atoms with Gasteiger partial charge in [0, 0.05) is 6.42 Å². The second-order valence-corrected chi connectivity index (χ2v) is 6.95. The first-order valence-corrected chi connectivity index (χ1v) is 8.55. The van der Waals surface area contributed by atoms with Crippen molar-refractivity contribution in [1.82, 2.24) is 0 Å². The lowest BCUT2D eigenvalue weighted by Gasteiger charge is -2.21. The summed E-state index contributed by atoms with van der Waals surface area (Å²) in [6, 6.07) is 9.18. The van der Waals surface area contributed by atoms with Gasteiger partial charge in [-0.2, -0.15) is 0 Å². The van der Waals surface area contributed by atoms with Gasteiger partial charge in [0.15, 0.2) is 5.60 Å². The number of carboxylic acids is 1. The molecule has 0 aliphatic rings. The molecule has 0 bridgehead atoms. The average Bonchev–Trinajstić information content (AvgIpc) is 2.58. The summed E-state index contributed by atoms with van der Waals surface area (Å²) in [6.45, 7) is 9.20. The monoisotopic (exact) mass is 358 g/mol. The minimum atomic E-state index is -1.27. The fraction of sp³-hybridized carbons (Fsp3) is 0.381. The summed E-state index contributed by atoms with van der Waals surface area (Å²) in [5.41, 5.74) is 2.37. The third-order valence-corrected chi connectivity index (χ3v) is 4.47. The van der Waals surface area contributed by atoms with Gasteiger partial charge in [0.25, 0.3) is 0 Å². The quantitative estimate of drug-likeness (QED) is 0.776. The Hall–Kier alpha value is -2.69. The van der Waals surface area contributed by atoms with Crippen LogP contribution in [-0.2, 0) is 11.2 Å². The summed E-state index contributed by atoms with van der Waals surface area (Å²) in [7, 11) is 0. The molecule has 0 radical (unpaired) electrons. The van der Waals surface area contributed by atoms with E-state index in [9.17, 15) is 9.90 Å². The van der Waals surface area contributed by atoms with Crippen molar-refractivity contribution in [3.05, 3.63) is 52.6 Å². The highest BCUT2D eigenvalue weighted by Gasteiger charge is 2.29. The van der Waals surface area contributed by atoms with Crippen LogP contribution in [0.15, 0.2) is 30.3 Å². The predicted octanol–water partition coefficient (Wildman–Crippen LogP) is 4.18. The lowest BCUT2D eigenvalue weighted by molar-refractivity contribution is -0.152. The zero-order valence-electron chi connectivity index (χ0n) is 15.9. The number of rotatable bonds is 7. The van der Waals surface area contributed by atoms with Gasteiger partial charge in [-0.3, -0.25) is 0 Å². The number of phenols is 1. The van der Waals surface area contributed by atoms with Gasteiger partial charge in [-0.05, 0) is 75.1 Å². The molecule has 0 atom stereocenters. The van der Waals surface area contributed by atoms with Crippen molar-refractivity contribution < 1.29 is 24.5 Å². The van der Waals surface area contributed by atoms with Gasteiger partial charge in [-0.15, -0.1) is 0 Å². The Morgan fingerprint density at radius 3 is 2.27 bits per heavy atom. The first-order valence-electron chi connectivity index (χ1n) is 8.55. The highest BCUT2D eigenvalue weighted by atomic mass is 16.5. The van der Waals surface area contributed by atoms with Crippen LogP contribution < -0.4 is 9.47 Å². The van der Waals surface area contributed by atoms with Crippen molar-refractivity contribution in [2.24, 2.45) is 0 Å². The van der Waals surface area contributed by atoms with Crippen LogP contribution in [0.2, 0.25) is 0 Å². The number of carboxylic acid groups (broad SMARTS) is 1. The molecule has 0 aliphatic heterocycles. The maximum Gasteiger partial charge on any atom is 0.347 e. The molecule has 0 saturated heterocycles. The van der Waals surface area contributed by atoms with Gasteiger partial charge in [0.2, 0.25) is 0 Å². The van der Waals surface area contributed by atoms with Gasteiger partial charge < -0.3 is 19.7 Å². The van der Waals surface area contributed by atoms with Crippen molar-refractivity contribution >= 4 is 5.97 Å². The van der Waals surface area contributed by atoms with Crippen LogP contribution in [0.4, 0.5) is 0 Å². The molecule has 0 aromatic heterocycles. The number of aliphatic carboxylic acids is 1. The molecule has 0 saturated carbocycles. The van der Waals surface area contributed by atoms with Gasteiger partial charge in [0.05, 0.1) is 6.61 Å². The highest BCUT2D eigenvalue weighted by Crippen LogP contribution is 2.32. The fourth-order valence-corrected chi connectivity index (χ4v) is 2.52. The minimum absolute atomic E-state index is 0.315. The standard InChI is InChI=1S/C21H26O5/c1-13-12-18(14(2)15(3)19(13)22)25-11-10-16-6-8-17(9-7-16)26-21(4,5)20(23)24/h6-9,12,22H,10-11H2,1-5H3,(H,23,24). The van der Waals surface area contributed by atoms with Gasteiger partial charge in [-0.1, -0.05) is 12.1 Å². The molecule has 0 unspecified atom stereocenters. The van der Waals surface area contributed by atoms with E-state index in [1.54, 1.807) is 12.1 Å². The molecule has 2 aromatic carbocycles. The van der Waals surface area contributed by atoms with Crippen molar-refractivity contribution in [1.29, 1.82) is 0 Å². The summed E-state index contributed by atoms with van der Waals surface area (Å²) in [5, 5.41) is 19.1. The number of hydrogen-bond acceptors (Lipinski definition) is 4. The van der Waals surface area contributed by atoms with Crippen LogP contribution in [0.5, 0.6) is 17.2 Å². The van der Waals surface area contributed by atoms with E-state index in [0.717, 1.165) is 28.0 Å². The van der Waals surface area contributed by atoms with Crippen molar-refractivity contribution in [2.75, 3.05) is 6.61 Å². The smallest absolute Gasteiger partial charge is 0.347 e. The van der Waals surface area contributed by atoms with Crippen LogP contribution in [0.1, 0.15) is 36.1 Å². The van der Waals surface area contributed by atoms with E-state index < -0.39 is 11.6 Å². The minimum Gasteiger partial charge on any atom is -0.507 e. The summed E-state index contributed by atoms with van der Waals surface area (Å²) in [6.07, 6.45) is 0.709. The van der Waals surface area contributed by atoms with Gasteiger partial charge in [0.1, 0.15) is 17.2 Å². The van der Waals surface area contributed by atoms with Crippen LogP contribution in [0, 0.1) is 20.8 Å². The predicted molar refractivity (Wildman–Crippen MR) is 100 cm³/mol. The van der Waals surface area contributed by atoms with E-state index in [2.05, 4.69) is 0 Å². The van der Waals surface area contributed by atoms with Crippen molar-refractivity contribution in [3.63, 3.8) is 0 Å². The number of phenolic OH excluding ortho intramolecular Hbond substituents is 1. The zero-order chi connectivity index (χ0) is 19.5. The van der Waals surface area contributed by atoms with Crippen LogP contribution in [0.3, 0.4) is 0 Å². The fourth-order valence-electron chi connectivity index (χ4n) is 2.52. The third-order valence-electron chi connectivity index (χ3n) is 4.47. The molecular formula is C21H26O5. The summed E-state index contributed by atoms with van der Waals surface area (Å²) in [5.74, 6) is 0.600. The van der Waals surface area contributed by atoms with Gasteiger partial charge in [-0.25, -0.2) is 4.79 Å². The largest absolute Gasteiger partial charge is 0.507 e. The number of aryl methyl sites for hydroxylation is 1. The molecular weight excluding hydrogens is 332 g/mol. The molecule has 2 rings (SSSR count). The maximum absolute atomic E-state index is 11.1.